The van der Waals surface area contributed by atoms with E-state index in [1.54, 1.807) is 29.0 Å². The molecule has 0 aliphatic heterocycles. The number of rotatable bonds is 4. The molecule has 26 heavy (non-hydrogen) atoms. The summed E-state index contributed by atoms with van der Waals surface area (Å²) in [5, 5.41) is 14.2. The predicted octanol–water partition coefficient (Wildman–Crippen LogP) is 3.44. The van der Waals surface area contributed by atoms with E-state index in [4.69, 9.17) is 0 Å². The number of aromatic nitrogens is 1. The van der Waals surface area contributed by atoms with E-state index < -0.39 is 5.91 Å². The first-order valence-electron chi connectivity index (χ1n) is 7.96. The zero-order valence-electron chi connectivity index (χ0n) is 14.1. The normalized spacial score (nSPS) is 11.4. The van der Waals surface area contributed by atoms with Crippen LogP contribution in [0, 0.1) is 0 Å². The third-order valence-corrected chi connectivity index (χ3v) is 3.79. The van der Waals surface area contributed by atoms with Gasteiger partial charge < -0.3 is 5.11 Å². The summed E-state index contributed by atoms with van der Waals surface area (Å²) in [7, 11) is 0. The van der Waals surface area contributed by atoms with E-state index in [1.165, 1.54) is 25.3 Å². The minimum atomic E-state index is -0.418. The monoisotopic (exact) mass is 347 g/mol. The first-order chi connectivity index (χ1) is 12.6. The molecule has 1 aromatic heterocycles. The van der Waals surface area contributed by atoms with E-state index in [0.717, 1.165) is 16.5 Å². The van der Waals surface area contributed by atoms with E-state index >= 15 is 0 Å². The summed E-state index contributed by atoms with van der Waals surface area (Å²) in [4.78, 5) is 23.6. The van der Waals surface area contributed by atoms with Crippen molar-refractivity contribution in [1.29, 1.82) is 0 Å². The molecule has 2 aromatic carbocycles. The van der Waals surface area contributed by atoms with Gasteiger partial charge in [0.25, 0.3) is 5.91 Å². The topological polar surface area (TPSA) is 83.7 Å². The van der Waals surface area contributed by atoms with Crippen LogP contribution in [-0.2, 0) is 0 Å². The third kappa shape index (κ3) is 3.70. The molecule has 0 radical (unpaired) electrons. The fraction of sp³-hybridized carbons (Fsp3) is 0.0500. The molecule has 0 atom stereocenters. The minimum absolute atomic E-state index is 0.0170. The van der Waals surface area contributed by atoms with Gasteiger partial charge in [-0.25, -0.2) is 5.43 Å². The molecule has 2 N–H and O–H groups in total. The fourth-order valence-corrected chi connectivity index (χ4v) is 2.60. The molecule has 0 saturated carbocycles. The van der Waals surface area contributed by atoms with Gasteiger partial charge in [-0.2, -0.15) is 5.10 Å². The summed E-state index contributed by atoms with van der Waals surface area (Å²) < 4.78 is 1.59. The SMILES string of the molecule is CC(=O)n1cc(/C=C/C=N\NC(=O)c2cccc(O)c2)c2ccccc21. The molecule has 0 aliphatic rings. The fourth-order valence-electron chi connectivity index (χ4n) is 2.60. The molecule has 0 fully saturated rings. The second kappa shape index (κ2) is 7.48. The van der Waals surface area contributed by atoms with Gasteiger partial charge in [-0.15, -0.1) is 0 Å². The molecule has 1 amide bonds. The average molecular weight is 347 g/mol. The van der Waals surface area contributed by atoms with E-state index in [-0.39, 0.29) is 11.7 Å². The summed E-state index contributed by atoms with van der Waals surface area (Å²) in [6.45, 7) is 1.51. The molecular weight excluding hydrogens is 330 g/mol. The van der Waals surface area contributed by atoms with Crippen LogP contribution >= 0.6 is 0 Å². The van der Waals surface area contributed by atoms with Crippen LogP contribution in [-0.4, -0.2) is 27.7 Å². The number of benzene rings is 2. The number of carbonyl (C=O) groups excluding carboxylic acids is 2. The minimum Gasteiger partial charge on any atom is -0.508 e. The zero-order valence-corrected chi connectivity index (χ0v) is 14.1. The van der Waals surface area contributed by atoms with Crippen molar-refractivity contribution >= 4 is 35.0 Å². The van der Waals surface area contributed by atoms with Crippen LogP contribution in [0.25, 0.3) is 17.0 Å². The molecule has 130 valence electrons. The number of hydrogen-bond acceptors (Lipinski definition) is 4. The van der Waals surface area contributed by atoms with Crippen molar-refractivity contribution in [3.8, 4) is 5.75 Å². The number of phenolic OH excluding ortho intramolecular Hbond substituents is 1. The molecule has 0 saturated heterocycles. The van der Waals surface area contributed by atoms with E-state index in [9.17, 15) is 14.7 Å². The van der Waals surface area contributed by atoms with Crippen LogP contribution < -0.4 is 5.43 Å². The molecule has 6 heteroatoms. The Labute approximate surface area is 150 Å². The summed E-state index contributed by atoms with van der Waals surface area (Å²) >= 11 is 0. The van der Waals surface area contributed by atoms with E-state index in [1.807, 2.05) is 30.3 Å². The summed E-state index contributed by atoms with van der Waals surface area (Å²) in [6.07, 6.45) is 6.70. The number of fused-ring (bicyclic) bond motifs is 1. The number of amides is 1. The highest BCUT2D eigenvalue weighted by atomic mass is 16.3. The van der Waals surface area contributed by atoms with Gasteiger partial charge in [-0.1, -0.05) is 30.3 Å². The lowest BCUT2D eigenvalue weighted by Crippen LogP contribution is -2.17. The van der Waals surface area contributed by atoms with Gasteiger partial charge in [0, 0.05) is 35.8 Å². The second-order valence-corrected chi connectivity index (χ2v) is 5.62. The highest BCUT2D eigenvalue weighted by Gasteiger charge is 2.08. The van der Waals surface area contributed by atoms with Gasteiger partial charge in [-0.3, -0.25) is 14.2 Å². The van der Waals surface area contributed by atoms with E-state index in [2.05, 4.69) is 10.5 Å². The Morgan fingerprint density at radius 1 is 1.15 bits per heavy atom. The zero-order chi connectivity index (χ0) is 18.5. The molecule has 1 heterocycles. The molecule has 0 bridgehead atoms. The van der Waals surface area contributed by atoms with Crippen molar-refractivity contribution in [1.82, 2.24) is 9.99 Å². The van der Waals surface area contributed by atoms with Crippen molar-refractivity contribution in [2.45, 2.75) is 6.92 Å². The Kier molecular flexibility index (Phi) is 4.94. The number of nitrogens with zero attached hydrogens (tertiary/aromatic N) is 2. The van der Waals surface area contributed by atoms with Gasteiger partial charge in [0.2, 0.25) is 5.91 Å². The third-order valence-electron chi connectivity index (χ3n) is 3.79. The first kappa shape index (κ1) is 17.2. The number of phenols is 1. The molecule has 3 rings (SSSR count). The van der Waals surface area contributed by atoms with Crippen molar-refractivity contribution < 1.29 is 14.7 Å². The largest absolute Gasteiger partial charge is 0.508 e. The van der Waals surface area contributed by atoms with Crippen LogP contribution in [0.2, 0.25) is 0 Å². The number of carbonyl (C=O) groups is 2. The second-order valence-electron chi connectivity index (χ2n) is 5.62. The maximum atomic E-state index is 11.9. The maximum Gasteiger partial charge on any atom is 0.271 e. The standard InChI is InChI=1S/C20H17N3O3/c1-14(24)23-13-16(18-9-2-3-10-19(18)23)7-5-11-21-22-20(26)15-6-4-8-17(25)12-15/h2-13,25H,1H3,(H,22,26)/b7-5+,21-11-. The quantitative estimate of drug-likeness (QED) is 0.560. The molecular formula is C20H17N3O3. The van der Waals surface area contributed by atoms with Crippen molar-refractivity contribution in [2.24, 2.45) is 5.10 Å². The molecule has 6 nitrogen and oxygen atoms in total. The number of nitrogens with one attached hydrogen (secondary N) is 1. The van der Waals surface area contributed by atoms with Crippen LogP contribution in [0.5, 0.6) is 5.75 Å². The van der Waals surface area contributed by atoms with Gasteiger partial charge in [0.15, 0.2) is 0 Å². The Hall–Kier alpha value is -3.67. The molecule has 0 aliphatic carbocycles. The Bertz CT molecular complexity index is 1030. The summed E-state index contributed by atoms with van der Waals surface area (Å²) in [5.41, 5.74) is 4.42. The van der Waals surface area contributed by atoms with Crippen LogP contribution in [0.4, 0.5) is 0 Å². The first-order valence-corrected chi connectivity index (χ1v) is 7.96. The van der Waals surface area contributed by atoms with Gasteiger partial charge in [0.05, 0.1) is 5.52 Å². The molecule has 0 unspecified atom stereocenters. The van der Waals surface area contributed by atoms with Crippen molar-refractivity contribution in [3.63, 3.8) is 0 Å². The number of hydrazone groups is 1. The number of hydrogen-bond donors (Lipinski definition) is 2. The van der Waals surface area contributed by atoms with Crippen LogP contribution in [0.1, 0.15) is 27.6 Å². The smallest absolute Gasteiger partial charge is 0.271 e. The highest BCUT2D eigenvalue weighted by molar-refractivity contribution is 5.98. The van der Waals surface area contributed by atoms with Gasteiger partial charge >= 0.3 is 0 Å². The average Bonchev–Trinajstić information content (AvgIpc) is 3.00. The van der Waals surface area contributed by atoms with Gasteiger partial charge in [0.1, 0.15) is 5.75 Å². The Morgan fingerprint density at radius 3 is 2.73 bits per heavy atom. The van der Waals surface area contributed by atoms with E-state index in [0.29, 0.717) is 5.56 Å². The molecule has 0 spiro atoms. The summed E-state index contributed by atoms with van der Waals surface area (Å²) in [6, 6.07) is 13.6. The van der Waals surface area contributed by atoms with Crippen molar-refractivity contribution in [2.75, 3.05) is 0 Å². The summed E-state index contributed by atoms with van der Waals surface area (Å²) in [5.74, 6) is -0.463. The van der Waals surface area contributed by atoms with Crippen molar-refractivity contribution in [3.05, 3.63) is 71.9 Å². The van der Waals surface area contributed by atoms with Crippen LogP contribution in [0.15, 0.2) is 65.9 Å². The number of para-hydroxylation sites is 1. The lowest BCUT2D eigenvalue weighted by molar-refractivity contribution is 0.0937. The predicted molar refractivity (Wildman–Crippen MR) is 101 cm³/mol. The maximum absolute atomic E-state index is 11.9. The number of allylic oxidation sites excluding steroid dienone is 1. The lowest BCUT2D eigenvalue weighted by Gasteiger charge is -1.99. The Balaban J connectivity index is 1.71. The van der Waals surface area contributed by atoms with Gasteiger partial charge in [-0.05, 0) is 30.3 Å². The highest BCUT2D eigenvalue weighted by Crippen LogP contribution is 2.22. The number of aromatic hydroxyl groups is 1. The van der Waals surface area contributed by atoms with Crippen LogP contribution in [0.3, 0.4) is 0 Å². The lowest BCUT2D eigenvalue weighted by atomic mass is 10.1. The molecule has 3 aromatic rings. The Morgan fingerprint density at radius 2 is 1.96 bits per heavy atom.